The van der Waals surface area contributed by atoms with E-state index in [0.29, 0.717) is 12.5 Å². The molecular weight excluding hydrogens is 327 g/mol. The van der Waals surface area contributed by atoms with Gasteiger partial charge in [0.2, 0.25) is 5.91 Å². The number of nitrogens with one attached hydrogen (secondary N) is 1. The maximum absolute atomic E-state index is 13.4. The minimum atomic E-state index is -0.247. The fraction of sp³-hybridized carbons (Fsp3) is 0.409. The van der Waals surface area contributed by atoms with Crippen molar-refractivity contribution in [3.05, 3.63) is 71.0 Å². The van der Waals surface area contributed by atoms with E-state index in [9.17, 15) is 9.18 Å². The zero-order valence-electron chi connectivity index (χ0n) is 15.0. The van der Waals surface area contributed by atoms with Crippen LogP contribution in [0.2, 0.25) is 0 Å². The van der Waals surface area contributed by atoms with Gasteiger partial charge in [0.1, 0.15) is 5.82 Å². The number of amides is 1. The molecule has 2 aromatic rings. The van der Waals surface area contributed by atoms with Gasteiger partial charge in [-0.15, -0.1) is 0 Å². The minimum Gasteiger partial charge on any atom is -0.331 e. The van der Waals surface area contributed by atoms with Gasteiger partial charge in [-0.1, -0.05) is 36.4 Å². The van der Waals surface area contributed by atoms with Crippen LogP contribution in [-0.4, -0.2) is 29.9 Å². The van der Waals surface area contributed by atoms with E-state index in [4.69, 9.17) is 0 Å². The molecule has 1 N–H and O–H groups in total. The molecule has 0 aromatic heterocycles. The molecule has 136 valence electrons. The average molecular weight is 352 g/mol. The number of carbonyl (C=O) groups is 1. The summed E-state index contributed by atoms with van der Waals surface area (Å²) in [6.45, 7) is 1.78. The van der Waals surface area contributed by atoms with Crippen molar-refractivity contribution < 1.29 is 9.18 Å². The molecule has 0 saturated carbocycles. The summed E-state index contributed by atoms with van der Waals surface area (Å²) in [5.74, 6) is -0.0504. The number of halogens is 1. The number of carbonyl (C=O) groups excluding carboxylic acids is 1. The Morgan fingerprint density at radius 1 is 1.15 bits per heavy atom. The standard InChI is InChI=1S/C22H25FN2O/c23-18-9-7-17(8-10-18)22-20-6-2-1-4-16(20)13-15-25(22)21(26)12-11-19-5-3-14-24-19/h1-2,4,6-10,19,22,24H,3,5,11-15H2/t19-,22-/m1/s1. The lowest BCUT2D eigenvalue weighted by atomic mass is 9.88. The Balaban J connectivity index is 1.59. The van der Waals surface area contributed by atoms with Crippen LogP contribution in [0.15, 0.2) is 48.5 Å². The summed E-state index contributed by atoms with van der Waals surface area (Å²) in [7, 11) is 0. The third-order valence-corrected chi connectivity index (χ3v) is 5.66. The van der Waals surface area contributed by atoms with E-state index >= 15 is 0 Å². The van der Waals surface area contributed by atoms with E-state index in [-0.39, 0.29) is 17.8 Å². The summed E-state index contributed by atoms with van der Waals surface area (Å²) in [4.78, 5) is 15.0. The van der Waals surface area contributed by atoms with Crippen molar-refractivity contribution >= 4 is 5.91 Å². The highest BCUT2D eigenvalue weighted by Gasteiger charge is 2.32. The van der Waals surface area contributed by atoms with Crippen molar-refractivity contribution in [2.45, 2.75) is 44.2 Å². The number of rotatable bonds is 4. The largest absolute Gasteiger partial charge is 0.331 e. The van der Waals surface area contributed by atoms with E-state index < -0.39 is 0 Å². The molecule has 0 unspecified atom stereocenters. The molecule has 2 heterocycles. The van der Waals surface area contributed by atoms with E-state index in [1.165, 1.54) is 24.1 Å². The van der Waals surface area contributed by atoms with Crippen LogP contribution in [0.5, 0.6) is 0 Å². The predicted octanol–water partition coefficient (Wildman–Crippen LogP) is 3.83. The highest BCUT2D eigenvalue weighted by atomic mass is 19.1. The molecule has 2 atom stereocenters. The molecule has 0 aliphatic carbocycles. The van der Waals surface area contributed by atoms with Crippen molar-refractivity contribution in [1.29, 1.82) is 0 Å². The molecule has 0 bridgehead atoms. The monoisotopic (exact) mass is 352 g/mol. The van der Waals surface area contributed by atoms with Crippen LogP contribution in [0.3, 0.4) is 0 Å². The summed E-state index contributed by atoms with van der Waals surface area (Å²) < 4.78 is 13.4. The quantitative estimate of drug-likeness (QED) is 0.907. The third-order valence-electron chi connectivity index (χ3n) is 5.66. The first kappa shape index (κ1) is 17.2. The second-order valence-corrected chi connectivity index (χ2v) is 7.32. The molecule has 4 heteroatoms. The van der Waals surface area contributed by atoms with Gasteiger partial charge in [-0.05, 0) is 61.1 Å². The fourth-order valence-corrected chi connectivity index (χ4v) is 4.28. The topological polar surface area (TPSA) is 32.3 Å². The number of fused-ring (bicyclic) bond motifs is 1. The van der Waals surface area contributed by atoms with Gasteiger partial charge in [-0.3, -0.25) is 4.79 Å². The van der Waals surface area contributed by atoms with E-state index in [2.05, 4.69) is 17.4 Å². The number of nitrogens with zero attached hydrogens (tertiary/aromatic N) is 1. The van der Waals surface area contributed by atoms with Crippen molar-refractivity contribution in [2.24, 2.45) is 0 Å². The van der Waals surface area contributed by atoms with E-state index in [1.54, 1.807) is 12.1 Å². The SMILES string of the molecule is O=C(CC[C@H]1CCCN1)N1CCc2ccccc2[C@H]1c1ccc(F)cc1. The Morgan fingerprint density at radius 2 is 1.96 bits per heavy atom. The van der Waals surface area contributed by atoms with Gasteiger partial charge in [0.25, 0.3) is 0 Å². The lowest BCUT2D eigenvalue weighted by molar-refractivity contribution is -0.133. The van der Waals surface area contributed by atoms with Crippen LogP contribution in [0, 0.1) is 5.82 Å². The Labute approximate surface area is 154 Å². The highest BCUT2D eigenvalue weighted by Crippen LogP contribution is 2.35. The summed E-state index contributed by atoms with van der Waals surface area (Å²) in [5, 5.41) is 3.47. The fourth-order valence-electron chi connectivity index (χ4n) is 4.28. The molecule has 2 aromatic carbocycles. The highest BCUT2D eigenvalue weighted by molar-refractivity contribution is 5.78. The molecule has 1 fully saturated rings. The Kier molecular flexibility index (Phi) is 5.02. The maximum Gasteiger partial charge on any atom is 0.223 e. The average Bonchev–Trinajstić information content (AvgIpc) is 3.19. The first-order chi connectivity index (χ1) is 12.7. The zero-order valence-corrected chi connectivity index (χ0v) is 15.0. The van der Waals surface area contributed by atoms with E-state index in [0.717, 1.165) is 43.5 Å². The van der Waals surface area contributed by atoms with Crippen LogP contribution < -0.4 is 5.32 Å². The second-order valence-electron chi connectivity index (χ2n) is 7.32. The summed E-state index contributed by atoms with van der Waals surface area (Å²) in [5.41, 5.74) is 3.42. The maximum atomic E-state index is 13.4. The predicted molar refractivity (Wildman–Crippen MR) is 100 cm³/mol. The van der Waals surface area contributed by atoms with Gasteiger partial charge in [-0.25, -0.2) is 4.39 Å². The second kappa shape index (κ2) is 7.58. The van der Waals surface area contributed by atoms with Crippen molar-refractivity contribution in [2.75, 3.05) is 13.1 Å². The van der Waals surface area contributed by atoms with Gasteiger partial charge >= 0.3 is 0 Å². The molecule has 1 saturated heterocycles. The molecule has 2 aliphatic heterocycles. The molecule has 0 spiro atoms. The lowest BCUT2D eigenvalue weighted by Gasteiger charge is -2.38. The van der Waals surface area contributed by atoms with Gasteiger partial charge in [0.05, 0.1) is 6.04 Å². The number of hydrogen-bond acceptors (Lipinski definition) is 2. The molecule has 2 aliphatic rings. The zero-order chi connectivity index (χ0) is 17.9. The van der Waals surface area contributed by atoms with Crippen LogP contribution in [-0.2, 0) is 11.2 Å². The summed E-state index contributed by atoms with van der Waals surface area (Å²) in [6.07, 6.45) is 4.71. The van der Waals surface area contributed by atoms with Crippen LogP contribution in [0.1, 0.15) is 48.4 Å². The van der Waals surface area contributed by atoms with Gasteiger partial charge in [0.15, 0.2) is 0 Å². The smallest absolute Gasteiger partial charge is 0.223 e. The molecule has 26 heavy (non-hydrogen) atoms. The van der Waals surface area contributed by atoms with E-state index in [1.807, 2.05) is 17.0 Å². The number of benzene rings is 2. The Bertz CT molecular complexity index is 768. The van der Waals surface area contributed by atoms with Crippen LogP contribution >= 0.6 is 0 Å². The van der Waals surface area contributed by atoms with Crippen molar-refractivity contribution in [3.8, 4) is 0 Å². The Hall–Kier alpha value is -2.20. The summed E-state index contributed by atoms with van der Waals surface area (Å²) >= 11 is 0. The minimum absolute atomic E-state index is 0.121. The van der Waals surface area contributed by atoms with Crippen molar-refractivity contribution in [1.82, 2.24) is 10.2 Å². The van der Waals surface area contributed by atoms with Crippen molar-refractivity contribution in [3.63, 3.8) is 0 Å². The third kappa shape index (κ3) is 3.51. The Morgan fingerprint density at radius 3 is 2.73 bits per heavy atom. The first-order valence-corrected chi connectivity index (χ1v) is 9.58. The van der Waals surface area contributed by atoms with Crippen LogP contribution in [0.25, 0.3) is 0 Å². The molecule has 4 rings (SSSR count). The summed E-state index contributed by atoms with van der Waals surface area (Å²) in [6, 6.07) is 15.2. The normalized spacial score (nSPS) is 22.3. The molecule has 3 nitrogen and oxygen atoms in total. The number of hydrogen-bond donors (Lipinski definition) is 1. The lowest BCUT2D eigenvalue weighted by Crippen LogP contribution is -2.41. The van der Waals surface area contributed by atoms with Gasteiger partial charge in [0, 0.05) is 19.0 Å². The van der Waals surface area contributed by atoms with Gasteiger partial charge < -0.3 is 10.2 Å². The van der Waals surface area contributed by atoms with Crippen LogP contribution in [0.4, 0.5) is 4.39 Å². The van der Waals surface area contributed by atoms with Gasteiger partial charge in [-0.2, -0.15) is 0 Å². The molecule has 0 radical (unpaired) electrons. The first-order valence-electron chi connectivity index (χ1n) is 9.58. The molecule has 1 amide bonds. The molecular formula is C22H25FN2O.